The van der Waals surface area contributed by atoms with Crippen LogP contribution in [0.3, 0.4) is 0 Å². The van der Waals surface area contributed by atoms with Gasteiger partial charge in [-0.3, -0.25) is 4.90 Å². The van der Waals surface area contributed by atoms with E-state index in [-0.39, 0.29) is 0 Å². The average Bonchev–Trinajstić information content (AvgIpc) is 2.29. The Morgan fingerprint density at radius 3 is 3.19 bits per heavy atom. The van der Waals surface area contributed by atoms with E-state index in [1.54, 1.807) is 0 Å². The Balaban J connectivity index is 2.08. The molecule has 0 saturated carbocycles. The Hall–Kier alpha value is -1.28. The lowest BCUT2D eigenvalue weighted by Crippen LogP contribution is -2.18. The van der Waals surface area contributed by atoms with Crippen LogP contribution in [0, 0.1) is 0 Å². The molecule has 2 heteroatoms. The lowest BCUT2D eigenvalue weighted by molar-refractivity contribution is 0.363. The average molecular weight is 216 g/mol. The molecule has 0 spiro atoms. The molecule has 0 amide bonds. The molecule has 16 heavy (non-hydrogen) atoms. The van der Waals surface area contributed by atoms with Crippen molar-refractivity contribution in [1.29, 1.82) is 0 Å². The Bertz CT molecular complexity index is 371. The van der Waals surface area contributed by atoms with E-state index in [1.165, 1.54) is 29.7 Å². The monoisotopic (exact) mass is 216 g/mol. The lowest BCUT2D eigenvalue weighted by atomic mass is 10.0. The van der Waals surface area contributed by atoms with Crippen LogP contribution >= 0.6 is 0 Å². The molecule has 1 aliphatic heterocycles. The fraction of sp³-hybridized carbons (Fsp3) is 0.429. The first-order valence-corrected chi connectivity index (χ1v) is 5.94. The third-order valence-corrected chi connectivity index (χ3v) is 3.00. The van der Waals surface area contributed by atoms with Gasteiger partial charge in [-0.1, -0.05) is 18.2 Å². The zero-order valence-corrected chi connectivity index (χ0v) is 10.00. The third kappa shape index (κ3) is 2.64. The summed E-state index contributed by atoms with van der Waals surface area (Å²) in [7, 11) is 2.12. The molecule has 1 aromatic rings. The molecule has 1 N–H and O–H groups in total. The number of nitrogens with zero attached hydrogens (tertiary/aromatic N) is 1. The highest BCUT2D eigenvalue weighted by molar-refractivity contribution is 5.54. The topological polar surface area (TPSA) is 15.3 Å². The van der Waals surface area contributed by atoms with Gasteiger partial charge in [-0.2, -0.15) is 0 Å². The molecule has 1 aromatic carbocycles. The van der Waals surface area contributed by atoms with Crippen molar-refractivity contribution in [3.63, 3.8) is 0 Å². The fourth-order valence-corrected chi connectivity index (χ4v) is 2.22. The number of rotatable bonds is 4. The molecule has 0 bridgehead atoms. The summed E-state index contributed by atoms with van der Waals surface area (Å²) in [5, 5.41) is 3.44. The maximum absolute atomic E-state index is 3.76. The van der Waals surface area contributed by atoms with Crippen molar-refractivity contribution in [2.24, 2.45) is 0 Å². The van der Waals surface area contributed by atoms with Crippen LogP contribution in [0.25, 0.3) is 0 Å². The van der Waals surface area contributed by atoms with E-state index in [9.17, 15) is 0 Å². The van der Waals surface area contributed by atoms with E-state index in [2.05, 4.69) is 42.0 Å². The van der Waals surface area contributed by atoms with E-state index < -0.39 is 0 Å². The molecule has 0 unspecified atom stereocenters. The van der Waals surface area contributed by atoms with Gasteiger partial charge in [-0.25, -0.2) is 0 Å². The first kappa shape index (κ1) is 11.2. The van der Waals surface area contributed by atoms with Gasteiger partial charge in [0.25, 0.3) is 0 Å². The zero-order valence-electron chi connectivity index (χ0n) is 10.00. The molecular formula is C14H20N2. The fourth-order valence-electron chi connectivity index (χ4n) is 2.22. The van der Waals surface area contributed by atoms with Crippen molar-refractivity contribution in [3.8, 4) is 0 Å². The minimum absolute atomic E-state index is 0.940. The van der Waals surface area contributed by atoms with Crippen LogP contribution in [0.2, 0.25) is 0 Å². The van der Waals surface area contributed by atoms with E-state index in [0.717, 1.165) is 19.6 Å². The molecule has 0 fully saturated rings. The van der Waals surface area contributed by atoms with Gasteiger partial charge in [0.1, 0.15) is 0 Å². The summed E-state index contributed by atoms with van der Waals surface area (Å²) in [6.07, 6.45) is 4.40. The van der Waals surface area contributed by atoms with Crippen molar-refractivity contribution in [3.05, 3.63) is 42.0 Å². The Labute approximate surface area is 98.0 Å². The summed E-state index contributed by atoms with van der Waals surface area (Å²) >= 11 is 0. The first-order valence-electron chi connectivity index (χ1n) is 5.94. The molecule has 86 valence electrons. The summed E-state index contributed by atoms with van der Waals surface area (Å²) in [4.78, 5) is 2.27. The van der Waals surface area contributed by atoms with Gasteiger partial charge in [-0.15, -0.1) is 6.58 Å². The van der Waals surface area contributed by atoms with Crippen LogP contribution < -0.4 is 5.32 Å². The maximum atomic E-state index is 3.76. The lowest BCUT2D eigenvalue weighted by Gasteiger charge is -2.20. The number of anilines is 1. The Morgan fingerprint density at radius 2 is 2.38 bits per heavy atom. The van der Waals surface area contributed by atoms with Gasteiger partial charge >= 0.3 is 0 Å². The van der Waals surface area contributed by atoms with E-state index in [0.29, 0.717) is 0 Å². The second kappa shape index (κ2) is 5.17. The number of likely N-dealkylation sites (N-methyl/N-ethyl adjacent to an activating group) is 1. The van der Waals surface area contributed by atoms with Gasteiger partial charge < -0.3 is 5.32 Å². The minimum Gasteiger partial charge on any atom is -0.385 e. The summed E-state index contributed by atoms with van der Waals surface area (Å²) in [5.74, 6) is 0. The van der Waals surface area contributed by atoms with Gasteiger partial charge in [0, 0.05) is 25.3 Å². The number of nitrogens with one attached hydrogen (secondary N) is 1. The summed E-state index contributed by atoms with van der Waals surface area (Å²) in [6, 6.07) is 6.77. The summed E-state index contributed by atoms with van der Waals surface area (Å²) < 4.78 is 0. The van der Waals surface area contributed by atoms with Gasteiger partial charge in [-0.05, 0) is 37.1 Å². The van der Waals surface area contributed by atoms with E-state index in [4.69, 9.17) is 0 Å². The molecule has 0 atom stereocenters. The largest absolute Gasteiger partial charge is 0.385 e. The SMILES string of the molecule is C=CCN(C)Cc1ccc2c(c1)CCCN2. The highest BCUT2D eigenvalue weighted by atomic mass is 15.1. The second-order valence-corrected chi connectivity index (χ2v) is 4.51. The number of hydrogen-bond acceptors (Lipinski definition) is 2. The smallest absolute Gasteiger partial charge is 0.0372 e. The van der Waals surface area contributed by atoms with Crippen LogP contribution in [0.4, 0.5) is 5.69 Å². The standard InChI is InChI=1S/C14H20N2/c1-3-9-16(2)11-12-6-7-14-13(10-12)5-4-8-15-14/h3,6-7,10,15H,1,4-5,8-9,11H2,2H3. The molecule has 2 rings (SSSR count). The van der Waals surface area contributed by atoms with Crippen LogP contribution in [-0.2, 0) is 13.0 Å². The summed E-state index contributed by atoms with van der Waals surface area (Å²) in [6.45, 7) is 6.81. The molecule has 0 aliphatic carbocycles. The first-order chi connectivity index (χ1) is 7.79. The normalized spacial score (nSPS) is 14.4. The molecule has 0 aromatic heterocycles. The second-order valence-electron chi connectivity index (χ2n) is 4.51. The van der Waals surface area contributed by atoms with Crippen molar-refractivity contribution < 1.29 is 0 Å². The zero-order chi connectivity index (χ0) is 11.4. The predicted octanol–water partition coefficient (Wildman–Crippen LogP) is 2.66. The third-order valence-electron chi connectivity index (χ3n) is 3.00. The number of benzene rings is 1. The van der Waals surface area contributed by atoms with Crippen molar-refractivity contribution in [1.82, 2.24) is 4.90 Å². The van der Waals surface area contributed by atoms with Crippen LogP contribution in [0.15, 0.2) is 30.9 Å². The number of aryl methyl sites for hydroxylation is 1. The molecule has 0 saturated heterocycles. The molecule has 0 radical (unpaired) electrons. The van der Waals surface area contributed by atoms with Gasteiger partial charge in [0.2, 0.25) is 0 Å². The van der Waals surface area contributed by atoms with Crippen molar-refractivity contribution >= 4 is 5.69 Å². The van der Waals surface area contributed by atoms with Gasteiger partial charge in [0.05, 0.1) is 0 Å². The Kier molecular flexibility index (Phi) is 3.62. The maximum Gasteiger partial charge on any atom is 0.0372 e. The number of fused-ring (bicyclic) bond motifs is 1. The van der Waals surface area contributed by atoms with Gasteiger partial charge in [0.15, 0.2) is 0 Å². The highest BCUT2D eigenvalue weighted by Crippen LogP contribution is 2.23. The minimum atomic E-state index is 0.940. The quantitative estimate of drug-likeness (QED) is 0.778. The van der Waals surface area contributed by atoms with Crippen LogP contribution in [0.1, 0.15) is 17.5 Å². The number of hydrogen-bond donors (Lipinski definition) is 1. The summed E-state index contributed by atoms with van der Waals surface area (Å²) in [5.41, 5.74) is 4.18. The van der Waals surface area contributed by atoms with E-state index >= 15 is 0 Å². The predicted molar refractivity (Wildman–Crippen MR) is 69.8 cm³/mol. The Morgan fingerprint density at radius 1 is 1.50 bits per heavy atom. The molecule has 1 aliphatic rings. The van der Waals surface area contributed by atoms with Crippen molar-refractivity contribution in [2.45, 2.75) is 19.4 Å². The van der Waals surface area contributed by atoms with E-state index in [1.807, 2.05) is 6.08 Å². The molecule has 1 heterocycles. The highest BCUT2D eigenvalue weighted by Gasteiger charge is 2.09. The van der Waals surface area contributed by atoms with Crippen molar-refractivity contribution in [2.75, 3.05) is 25.5 Å². The molecular weight excluding hydrogens is 196 g/mol. The van der Waals surface area contributed by atoms with Crippen LogP contribution in [-0.4, -0.2) is 25.0 Å². The molecule has 2 nitrogen and oxygen atoms in total. The van der Waals surface area contributed by atoms with Crippen LogP contribution in [0.5, 0.6) is 0 Å².